The lowest BCUT2D eigenvalue weighted by molar-refractivity contribution is 0.0946. The molecule has 0 spiro atoms. The summed E-state index contributed by atoms with van der Waals surface area (Å²) in [5, 5.41) is 0. The molecular weight excluding hydrogens is 222 g/mol. The number of aryl methyl sites for hydroxylation is 1. The predicted octanol–water partition coefficient (Wildman–Crippen LogP) is 3.18. The molecule has 0 bridgehead atoms. The molecule has 2 nitrogen and oxygen atoms in total. The number of rotatable bonds is 1. The number of benzene rings is 2. The normalized spacial score (nSPS) is 18.4. The second-order valence-electron chi connectivity index (χ2n) is 4.78. The maximum absolute atomic E-state index is 12.5. The molecule has 0 saturated heterocycles. The van der Waals surface area contributed by atoms with Gasteiger partial charge >= 0.3 is 0 Å². The molecule has 0 saturated carbocycles. The van der Waals surface area contributed by atoms with Crippen LogP contribution in [-0.4, -0.2) is 5.78 Å². The van der Waals surface area contributed by atoms with E-state index in [4.69, 9.17) is 5.73 Å². The summed E-state index contributed by atoms with van der Waals surface area (Å²) in [4.78, 5) is 12.5. The Hall–Kier alpha value is -2.09. The second kappa shape index (κ2) is 4.30. The molecule has 0 fully saturated rings. The van der Waals surface area contributed by atoms with Crippen molar-refractivity contribution >= 4 is 11.5 Å². The third kappa shape index (κ3) is 1.80. The van der Waals surface area contributed by atoms with Crippen LogP contribution in [0.3, 0.4) is 0 Å². The third-order valence-corrected chi connectivity index (χ3v) is 3.64. The van der Waals surface area contributed by atoms with Gasteiger partial charge in [-0.15, -0.1) is 0 Å². The van der Waals surface area contributed by atoms with E-state index >= 15 is 0 Å². The van der Waals surface area contributed by atoms with Crippen LogP contribution in [0.1, 0.15) is 33.8 Å². The Morgan fingerprint density at radius 2 is 1.72 bits per heavy atom. The minimum Gasteiger partial charge on any atom is -0.399 e. The van der Waals surface area contributed by atoms with Crippen molar-refractivity contribution in [2.75, 3.05) is 5.73 Å². The number of anilines is 1. The topological polar surface area (TPSA) is 43.1 Å². The zero-order chi connectivity index (χ0) is 12.5. The van der Waals surface area contributed by atoms with Gasteiger partial charge in [0.15, 0.2) is 5.78 Å². The molecule has 2 heteroatoms. The van der Waals surface area contributed by atoms with Crippen molar-refractivity contribution in [2.45, 2.75) is 18.8 Å². The van der Waals surface area contributed by atoms with E-state index in [0.717, 1.165) is 29.7 Å². The minimum atomic E-state index is -0.0134. The van der Waals surface area contributed by atoms with E-state index in [1.165, 1.54) is 5.56 Å². The van der Waals surface area contributed by atoms with Crippen LogP contribution in [0.25, 0.3) is 0 Å². The molecule has 1 atom stereocenters. The Bertz CT molecular complexity index is 586. The second-order valence-corrected chi connectivity index (χ2v) is 4.78. The minimum absolute atomic E-state index is 0.0134. The van der Waals surface area contributed by atoms with Gasteiger partial charge in [0.25, 0.3) is 0 Å². The summed E-state index contributed by atoms with van der Waals surface area (Å²) >= 11 is 0. The Balaban J connectivity index is 1.97. The first kappa shape index (κ1) is 11.0. The van der Waals surface area contributed by atoms with Gasteiger partial charge in [-0.2, -0.15) is 0 Å². The molecule has 0 amide bonds. The average Bonchev–Trinajstić information content (AvgIpc) is 2.41. The Labute approximate surface area is 106 Å². The van der Waals surface area contributed by atoms with Crippen molar-refractivity contribution in [1.29, 1.82) is 0 Å². The third-order valence-electron chi connectivity index (χ3n) is 3.64. The summed E-state index contributed by atoms with van der Waals surface area (Å²) in [6.45, 7) is 0. The summed E-state index contributed by atoms with van der Waals surface area (Å²) in [6, 6.07) is 15.6. The zero-order valence-electron chi connectivity index (χ0n) is 10.1. The summed E-state index contributed by atoms with van der Waals surface area (Å²) in [5.74, 6) is 0.224. The number of hydrogen-bond acceptors (Lipinski definition) is 2. The number of fused-ring (bicyclic) bond motifs is 1. The van der Waals surface area contributed by atoms with Crippen molar-refractivity contribution in [3.63, 3.8) is 0 Å². The van der Waals surface area contributed by atoms with Gasteiger partial charge in [0.05, 0.1) is 0 Å². The molecule has 90 valence electrons. The average molecular weight is 237 g/mol. The number of nitrogen functional groups attached to an aromatic ring is 1. The zero-order valence-corrected chi connectivity index (χ0v) is 10.1. The molecule has 18 heavy (non-hydrogen) atoms. The largest absolute Gasteiger partial charge is 0.399 e. The first-order chi connectivity index (χ1) is 8.75. The molecule has 2 aromatic rings. The fourth-order valence-electron chi connectivity index (χ4n) is 2.64. The summed E-state index contributed by atoms with van der Waals surface area (Å²) < 4.78 is 0. The van der Waals surface area contributed by atoms with Crippen LogP contribution in [0.2, 0.25) is 0 Å². The molecule has 1 aliphatic rings. The quantitative estimate of drug-likeness (QED) is 0.774. The maximum atomic E-state index is 12.5. The van der Waals surface area contributed by atoms with Gasteiger partial charge in [0, 0.05) is 17.2 Å². The number of Topliss-reactive ketones (excluding diaryl/α,β-unsaturated/α-hetero) is 1. The van der Waals surface area contributed by atoms with E-state index in [2.05, 4.69) is 0 Å². The van der Waals surface area contributed by atoms with Gasteiger partial charge in [-0.1, -0.05) is 36.4 Å². The highest BCUT2D eigenvalue weighted by molar-refractivity contribution is 6.03. The molecule has 2 aromatic carbocycles. The van der Waals surface area contributed by atoms with E-state index in [9.17, 15) is 4.79 Å². The van der Waals surface area contributed by atoms with Crippen LogP contribution in [0.5, 0.6) is 0 Å². The Morgan fingerprint density at radius 3 is 2.50 bits per heavy atom. The van der Waals surface area contributed by atoms with E-state index in [-0.39, 0.29) is 11.7 Å². The molecule has 0 aliphatic heterocycles. The van der Waals surface area contributed by atoms with Crippen LogP contribution >= 0.6 is 0 Å². The fourth-order valence-corrected chi connectivity index (χ4v) is 2.64. The number of hydrogen-bond donors (Lipinski definition) is 1. The lowest BCUT2D eigenvalue weighted by atomic mass is 9.79. The fraction of sp³-hybridized carbons (Fsp3) is 0.188. The van der Waals surface area contributed by atoms with E-state index in [0.29, 0.717) is 0 Å². The maximum Gasteiger partial charge on any atom is 0.170 e. The molecule has 0 unspecified atom stereocenters. The first-order valence-electron chi connectivity index (χ1n) is 6.23. The molecule has 1 aliphatic carbocycles. The Morgan fingerprint density at radius 1 is 1.00 bits per heavy atom. The van der Waals surface area contributed by atoms with E-state index < -0.39 is 0 Å². The van der Waals surface area contributed by atoms with E-state index in [1.54, 1.807) is 0 Å². The van der Waals surface area contributed by atoms with Crippen LogP contribution < -0.4 is 5.73 Å². The lowest BCUT2D eigenvalue weighted by Gasteiger charge is -2.23. The number of nitrogens with two attached hydrogens (primary N) is 1. The predicted molar refractivity (Wildman–Crippen MR) is 72.7 cm³/mol. The number of ketones is 1. The molecule has 0 aromatic heterocycles. The van der Waals surface area contributed by atoms with Gasteiger partial charge in [-0.25, -0.2) is 0 Å². The number of carbonyl (C=O) groups excluding carboxylic acids is 1. The lowest BCUT2D eigenvalue weighted by Crippen LogP contribution is -2.20. The van der Waals surface area contributed by atoms with Crippen molar-refractivity contribution in [3.05, 3.63) is 65.2 Å². The standard InChI is InChI=1S/C16H15NO/c17-13-8-5-12(6-9-13)15-10-7-11-3-1-2-4-14(11)16(15)18/h1-6,8-9,15H,7,10,17H2/t15-/m0/s1. The Kier molecular flexibility index (Phi) is 2.63. The van der Waals surface area contributed by atoms with Crippen molar-refractivity contribution in [3.8, 4) is 0 Å². The first-order valence-corrected chi connectivity index (χ1v) is 6.23. The van der Waals surface area contributed by atoms with Gasteiger partial charge in [0.2, 0.25) is 0 Å². The highest BCUT2D eigenvalue weighted by atomic mass is 16.1. The summed E-state index contributed by atoms with van der Waals surface area (Å²) in [7, 11) is 0. The van der Waals surface area contributed by atoms with Crippen LogP contribution in [0.15, 0.2) is 48.5 Å². The van der Waals surface area contributed by atoms with Gasteiger partial charge in [-0.05, 0) is 36.1 Å². The molecule has 0 radical (unpaired) electrons. The highest BCUT2D eigenvalue weighted by Crippen LogP contribution is 2.32. The molecule has 2 N–H and O–H groups in total. The SMILES string of the molecule is Nc1ccc([C@@H]2CCc3ccccc3C2=O)cc1. The van der Waals surface area contributed by atoms with E-state index in [1.807, 2.05) is 48.5 Å². The molecular formula is C16H15NO. The molecule has 3 rings (SSSR count). The highest BCUT2D eigenvalue weighted by Gasteiger charge is 2.27. The summed E-state index contributed by atoms with van der Waals surface area (Å²) in [6.07, 6.45) is 1.86. The smallest absolute Gasteiger partial charge is 0.170 e. The van der Waals surface area contributed by atoms with Crippen LogP contribution in [0.4, 0.5) is 5.69 Å². The van der Waals surface area contributed by atoms with Crippen LogP contribution in [-0.2, 0) is 6.42 Å². The molecule has 0 heterocycles. The van der Waals surface area contributed by atoms with Gasteiger partial charge < -0.3 is 5.73 Å². The monoisotopic (exact) mass is 237 g/mol. The van der Waals surface area contributed by atoms with Crippen molar-refractivity contribution in [1.82, 2.24) is 0 Å². The summed E-state index contributed by atoms with van der Waals surface area (Å²) in [5.41, 5.74) is 9.55. The van der Waals surface area contributed by atoms with Crippen LogP contribution in [0, 0.1) is 0 Å². The van der Waals surface area contributed by atoms with Crippen molar-refractivity contribution < 1.29 is 4.79 Å². The van der Waals surface area contributed by atoms with Gasteiger partial charge in [0.1, 0.15) is 0 Å². The van der Waals surface area contributed by atoms with Crippen molar-refractivity contribution in [2.24, 2.45) is 0 Å². The number of carbonyl (C=O) groups is 1. The van der Waals surface area contributed by atoms with Gasteiger partial charge in [-0.3, -0.25) is 4.79 Å².